The Bertz CT molecular complexity index is 718. The van der Waals surface area contributed by atoms with Gasteiger partial charge in [-0.2, -0.15) is 5.26 Å². The Morgan fingerprint density at radius 1 is 1.57 bits per heavy atom. The van der Waals surface area contributed by atoms with Crippen LogP contribution in [0.2, 0.25) is 0 Å². The molecule has 3 heterocycles. The molecule has 0 amide bonds. The molecule has 2 aliphatic heterocycles. The van der Waals surface area contributed by atoms with Gasteiger partial charge in [0.2, 0.25) is 23.6 Å². The highest BCUT2D eigenvalue weighted by molar-refractivity contribution is 5.86. The van der Waals surface area contributed by atoms with Crippen molar-refractivity contribution in [2.75, 3.05) is 12.0 Å². The first-order chi connectivity index (χ1) is 10.8. The van der Waals surface area contributed by atoms with Crippen LogP contribution >= 0.6 is 0 Å². The first kappa shape index (κ1) is 15.6. The van der Waals surface area contributed by atoms with E-state index in [1.54, 1.807) is 0 Å². The maximum absolute atomic E-state index is 14.5. The number of aliphatic imine (C=N–C) groups is 1. The van der Waals surface area contributed by atoms with Gasteiger partial charge in [-0.3, -0.25) is 5.43 Å². The highest BCUT2D eigenvalue weighted by atomic mass is 19.1. The number of aliphatic hydroxyl groups is 4. The van der Waals surface area contributed by atoms with E-state index >= 15 is 0 Å². The van der Waals surface area contributed by atoms with Crippen LogP contribution in [0.4, 0.5) is 4.39 Å². The second-order valence-corrected chi connectivity index (χ2v) is 5.14. The van der Waals surface area contributed by atoms with Crippen molar-refractivity contribution < 1.29 is 29.6 Å². The molecule has 124 valence electrons. The highest BCUT2D eigenvalue weighted by Crippen LogP contribution is 2.45. The summed E-state index contributed by atoms with van der Waals surface area (Å²) in [5, 5.41) is 48.5. The second-order valence-electron chi connectivity index (χ2n) is 5.14. The molecule has 1 unspecified atom stereocenters. The van der Waals surface area contributed by atoms with E-state index in [1.165, 1.54) is 6.07 Å². The minimum absolute atomic E-state index is 0.119. The predicted molar refractivity (Wildman–Crippen MR) is 69.5 cm³/mol. The van der Waals surface area contributed by atoms with Gasteiger partial charge in [0.15, 0.2) is 12.0 Å². The number of hydrogen-bond donors (Lipinski definition) is 6. The zero-order valence-corrected chi connectivity index (χ0v) is 11.5. The van der Waals surface area contributed by atoms with Crippen molar-refractivity contribution >= 4 is 5.96 Å². The quantitative estimate of drug-likeness (QED) is 0.327. The van der Waals surface area contributed by atoms with Crippen LogP contribution in [0.3, 0.4) is 0 Å². The lowest BCUT2D eigenvalue weighted by Crippen LogP contribution is -2.44. The summed E-state index contributed by atoms with van der Waals surface area (Å²) in [5.74, 6) is -3.17. The fourth-order valence-electron chi connectivity index (χ4n) is 2.54. The number of nitrogens with zero attached hydrogens (tertiary/aromatic N) is 4. The van der Waals surface area contributed by atoms with Gasteiger partial charge in [0.05, 0.1) is 12.8 Å². The summed E-state index contributed by atoms with van der Waals surface area (Å²) < 4.78 is 20.4. The minimum atomic E-state index is -2.81. The summed E-state index contributed by atoms with van der Waals surface area (Å²) >= 11 is 0. The SMILES string of the molecule is N#C[C@]1(CO)O[C@@](O)(c2cnc3n2NC(N)=NC3O)[C@H](F)[C@@H]1O. The van der Waals surface area contributed by atoms with Gasteiger partial charge < -0.3 is 30.9 Å². The Labute approximate surface area is 128 Å². The van der Waals surface area contributed by atoms with E-state index in [4.69, 9.17) is 15.7 Å². The van der Waals surface area contributed by atoms with Crippen molar-refractivity contribution in [1.29, 1.82) is 5.26 Å². The van der Waals surface area contributed by atoms with E-state index in [1.807, 2.05) is 0 Å². The molecule has 2 aliphatic rings. The van der Waals surface area contributed by atoms with Gasteiger partial charge in [0.1, 0.15) is 17.9 Å². The molecule has 1 fully saturated rings. The average Bonchev–Trinajstić information content (AvgIpc) is 3.02. The van der Waals surface area contributed by atoms with Crippen LogP contribution in [0.25, 0.3) is 0 Å². The van der Waals surface area contributed by atoms with Crippen molar-refractivity contribution in [3.63, 3.8) is 0 Å². The van der Waals surface area contributed by atoms with Gasteiger partial charge in [-0.25, -0.2) is 19.0 Å². The van der Waals surface area contributed by atoms with Crippen LogP contribution in [0, 0.1) is 11.3 Å². The summed E-state index contributed by atoms with van der Waals surface area (Å²) in [7, 11) is 0. The lowest BCUT2D eigenvalue weighted by atomic mass is 9.96. The summed E-state index contributed by atoms with van der Waals surface area (Å²) in [5.41, 5.74) is 5.15. The zero-order valence-electron chi connectivity index (χ0n) is 11.5. The Morgan fingerprint density at radius 2 is 2.26 bits per heavy atom. The number of imidazole rings is 1. The summed E-state index contributed by atoms with van der Waals surface area (Å²) in [6.45, 7) is -1.05. The largest absolute Gasteiger partial charge is 0.392 e. The Balaban J connectivity index is 2.09. The van der Waals surface area contributed by atoms with Gasteiger partial charge in [0.25, 0.3) is 0 Å². The summed E-state index contributed by atoms with van der Waals surface area (Å²) in [6.07, 6.45) is -5.09. The molecule has 0 bridgehead atoms. The zero-order chi connectivity index (χ0) is 17.0. The lowest BCUT2D eigenvalue weighted by molar-refractivity contribution is -0.246. The number of guanidine groups is 1. The number of alkyl halides is 1. The van der Waals surface area contributed by atoms with E-state index in [2.05, 4.69) is 15.4 Å². The Kier molecular flexibility index (Phi) is 3.29. The van der Waals surface area contributed by atoms with Crippen LogP contribution in [0.5, 0.6) is 0 Å². The number of nitrogens with two attached hydrogens (primary N) is 1. The molecular formula is C11H13FN6O5. The van der Waals surface area contributed by atoms with Crippen LogP contribution in [0.1, 0.15) is 17.7 Å². The minimum Gasteiger partial charge on any atom is -0.392 e. The molecule has 23 heavy (non-hydrogen) atoms. The molecule has 1 aromatic rings. The second kappa shape index (κ2) is 4.85. The number of fused-ring (bicyclic) bond motifs is 1. The maximum Gasteiger partial charge on any atom is 0.248 e. The lowest BCUT2D eigenvalue weighted by Gasteiger charge is -2.28. The number of rotatable bonds is 2. The molecule has 11 nitrogen and oxygen atoms in total. The number of nitriles is 1. The van der Waals surface area contributed by atoms with Crippen LogP contribution in [0.15, 0.2) is 11.2 Å². The van der Waals surface area contributed by atoms with Crippen molar-refractivity contribution in [1.82, 2.24) is 9.66 Å². The number of hydrogen-bond acceptors (Lipinski definition) is 10. The first-order valence-corrected chi connectivity index (χ1v) is 6.42. The molecule has 3 rings (SSSR count). The molecule has 7 N–H and O–H groups in total. The predicted octanol–water partition coefficient (Wildman–Crippen LogP) is -3.13. The molecule has 0 spiro atoms. The average molecular weight is 328 g/mol. The van der Waals surface area contributed by atoms with Crippen LogP contribution in [-0.4, -0.2) is 60.5 Å². The van der Waals surface area contributed by atoms with E-state index in [0.717, 1.165) is 10.9 Å². The van der Waals surface area contributed by atoms with Crippen molar-refractivity contribution in [3.05, 3.63) is 17.7 Å². The topological polar surface area (TPSA) is 182 Å². The number of nitrogens with one attached hydrogen (secondary N) is 1. The monoisotopic (exact) mass is 328 g/mol. The number of ether oxygens (including phenoxy) is 1. The van der Waals surface area contributed by atoms with E-state index in [0.29, 0.717) is 0 Å². The van der Waals surface area contributed by atoms with Gasteiger partial charge in [-0.05, 0) is 0 Å². The number of aromatic nitrogens is 2. The molecule has 0 aromatic carbocycles. The molecule has 0 aliphatic carbocycles. The Morgan fingerprint density at radius 3 is 2.83 bits per heavy atom. The summed E-state index contributed by atoms with van der Waals surface area (Å²) in [6, 6.07) is 1.45. The van der Waals surface area contributed by atoms with Crippen molar-refractivity contribution in [2.24, 2.45) is 10.7 Å². The standard InChI is InChI=1S/C11H13FN6O5/c12-5-6(20)10(2-13,3-19)23-11(5,22)4-1-15-7-8(21)16-9(14)17-18(4)7/h1,5-6,8,19-22H,3H2,(H3,14,16,17)/t5-,6+,8?,10-,11+/m1/s1. The van der Waals surface area contributed by atoms with E-state index in [-0.39, 0.29) is 17.5 Å². The molecule has 5 atom stereocenters. The van der Waals surface area contributed by atoms with Crippen molar-refractivity contribution in [3.8, 4) is 6.07 Å². The molecule has 1 saturated heterocycles. The Hall–Kier alpha value is -2.30. The smallest absolute Gasteiger partial charge is 0.248 e. The third-order valence-electron chi connectivity index (χ3n) is 3.77. The third kappa shape index (κ3) is 1.92. The first-order valence-electron chi connectivity index (χ1n) is 6.42. The summed E-state index contributed by atoms with van der Waals surface area (Å²) in [4.78, 5) is 7.35. The van der Waals surface area contributed by atoms with E-state index < -0.39 is 36.5 Å². The van der Waals surface area contributed by atoms with Crippen LogP contribution in [-0.2, 0) is 10.5 Å². The van der Waals surface area contributed by atoms with Gasteiger partial charge in [-0.1, -0.05) is 0 Å². The molecular weight excluding hydrogens is 315 g/mol. The fourth-order valence-corrected chi connectivity index (χ4v) is 2.54. The third-order valence-corrected chi connectivity index (χ3v) is 3.77. The van der Waals surface area contributed by atoms with Crippen LogP contribution < -0.4 is 11.2 Å². The highest BCUT2D eigenvalue weighted by Gasteiger charge is 2.65. The number of aliphatic hydroxyl groups excluding tert-OH is 3. The van der Waals surface area contributed by atoms with Gasteiger partial charge in [-0.15, -0.1) is 0 Å². The molecule has 0 saturated carbocycles. The number of halogens is 1. The normalized spacial score (nSPS) is 39.3. The molecule has 12 heteroatoms. The van der Waals surface area contributed by atoms with Crippen molar-refractivity contribution in [2.45, 2.75) is 29.9 Å². The maximum atomic E-state index is 14.5. The van der Waals surface area contributed by atoms with E-state index in [9.17, 15) is 24.8 Å². The fraction of sp³-hybridized carbons (Fsp3) is 0.545. The van der Waals surface area contributed by atoms with Gasteiger partial charge in [0, 0.05) is 0 Å². The van der Waals surface area contributed by atoms with Gasteiger partial charge >= 0.3 is 0 Å². The molecule has 0 radical (unpaired) electrons. The molecule has 1 aromatic heterocycles.